The van der Waals surface area contributed by atoms with Crippen LogP contribution in [0.2, 0.25) is 0 Å². The summed E-state index contributed by atoms with van der Waals surface area (Å²) in [4.78, 5) is 0. The first-order chi connectivity index (χ1) is 10.6. The Morgan fingerprint density at radius 3 is 2.18 bits per heavy atom. The van der Waals surface area contributed by atoms with Crippen LogP contribution in [0.5, 0.6) is 5.75 Å². The van der Waals surface area contributed by atoms with E-state index in [1.165, 1.54) is 17.7 Å². The quantitative estimate of drug-likeness (QED) is 0.834. The van der Waals surface area contributed by atoms with Gasteiger partial charge >= 0.3 is 0 Å². The van der Waals surface area contributed by atoms with Gasteiger partial charge in [-0.25, -0.2) is 4.39 Å². The molecule has 0 saturated heterocycles. The van der Waals surface area contributed by atoms with Gasteiger partial charge in [-0.15, -0.1) is 0 Å². The molecule has 0 heterocycles. The molecular formula is C19H24FNO. The normalized spacial score (nSPS) is 12.4. The summed E-state index contributed by atoms with van der Waals surface area (Å²) >= 11 is 0. The van der Waals surface area contributed by atoms with E-state index in [2.05, 4.69) is 26.0 Å². The van der Waals surface area contributed by atoms with Crippen LogP contribution < -0.4 is 10.5 Å². The van der Waals surface area contributed by atoms with Crippen molar-refractivity contribution in [2.45, 2.75) is 26.2 Å². The summed E-state index contributed by atoms with van der Waals surface area (Å²) in [6, 6.07) is 14.7. The molecule has 1 unspecified atom stereocenters. The van der Waals surface area contributed by atoms with Crippen LogP contribution in [-0.2, 0) is 6.42 Å². The van der Waals surface area contributed by atoms with Crippen molar-refractivity contribution in [2.75, 3.05) is 13.2 Å². The molecule has 1 atom stereocenters. The van der Waals surface area contributed by atoms with Gasteiger partial charge in [-0.2, -0.15) is 0 Å². The van der Waals surface area contributed by atoms with E-state index >= 15 is 0 Å². The van der Waals surface area contributed by atoms with Crippen LogP contribution in [0.15, 0.2) is 48.5 Å². The molecule has 2 aromatic rings. The minimum atomic E-state index is -0.217. The fourth-order valence-corrected chi connectivity index (χ4v) is 2.34. The lowest BCUT2D eigenvalue weighted by Crippen LogP contribution is -2.15. The zero-order valence-corrected chi connectivity index (χ0v) is 13.3. The van der Waals surface area contributed by atoms with Gasteiger partial charge in [0.1, 0.15) is 11.6 Å². The highest BCUT2D eigenvalue weighted by atomic mass is 19.1. The largest absolute Gasteiger partial charge is 0.493 e. The minimum Gasteiger partial charge on any atom is -0.493 e. The van der Waals surface area contributed by atoms with Crippen molar-refractivity contribution in [2.24, 2.45) is 11.7 Å². The second-order valence-corrected chi connectivity index (χ2v) is 6.04. The molecule has 0 saturated carbocycles. The fourth-order valence-electron chi connectivity index (χ4n) is 2.34. The fraction of sp³-hybridized carbons (Fsp3) is 0.368. The molecule has 2 nitrogen and oxygen atoms in total. The van der Waals surface area contributed by atoms with Gasteiger partial charge in [0.15, 0.2) is 0 Å². The zero-order valence-electron chi connectivity index (χ0n) is 13.3. The summed E-state index contributed by atoms with van der Waals surface area (Å²) in [5, 5.41) is 0. The molecule has 0 radical (unpaired) electrons. The Morgan fingerprint density at radius 1 is 1.00 bits per heavy atom. The van der Waals surface area contributed by atoms with Crippen LogP contribution in [0.4, 0.5) is 4.39 Å². The van der Waals surface area contributed by atoms with Gasteiger partial charge in [0, 0.05) is 5.92 Å². The lowest BCUT2D eigenvalue weighted by molar-refractivity contribution is 0.271. The first-order valence-corrected chi connectivity index (χ1v) is 7.75. The summed E-state index contributed by atoms with van der Waals surface area (Å²) in [6.45, 7) is 5.52. The minimum absolute atomic E-state index is 0.197. The summed E-state index contributed by atoms with van der Waals surface area (Å²) in [7, 11) is 0. The Bertz CT molecular complexity index is 563. The molecule has 0 aliphatic rings. The molecule has 0 aliphatic carbocycles. The van der Waals surface area contributed by atoms with Crippen LogP contribution in [0.25, 0.3) is 0 Å². The lowest BCUT2D eigenvalue weighted by Gasteiger charge is -2.16. The summed E-state index contributed by atoms with van der Waals surface area (Å²) in [5.74, 6) is 1.39. The van der Waals surface area contributed by atoms with Crippen molar-refractivity contribution < 1.29 is 9.13 Å². The average molecular weight is 301 g/mol. The molecule has 118 valence electrons. The van der Waals surface area contributed by atoms with Crippen molar-refractivity contribution >= 4 is 0 Å². The molecule has 0 bridgehead atoms. The monoisotopic (exact) mass is 301 g/mol. The van der Waals surface area contributed by atoms with Gasteiger partial charge in [-0.1, -0.05) is 38.1 Å². The van der Waals surface area contributed by atoms with Crippen LogP contribution >= 0.6 is 0 Å². The highest BCUT2D eigenvalue weighted by Crippen LogP contribution is 2.22. The Kier molecular flexibility index (Phi) is 5.96. The molecule has 3 heteroatoms. The highest BCUT2D eigenvalue weighted by molar-refractivity contribution is 5.30. The smallest absolute Gasteiger partial charge is 0.123 e. The van der Waals surface area contributed by atoms with Gasteiger partial charge in [-0.3, -0.25) is 0 Å². The van der Waals surface area contributed by atoms with E-state index in [0.29, 0.717) is 12.5 Å². The molecular weight excluding hydrogens is 277 g/mol. The molecule has 2 rings (SSSR count). The summed E-state index contributed by atoms with van der Waals surface area (Å²) < 4.78 is 18.7. The third kappa shape index (κ3) is 4.85. The number of rotatable bonds is 7. The molecule has 0 amide bonds. The van der Waals surface area contributed by atoms with E-state index in [-0.39, 0.29) is 11.7 Å². The first-order valence-electron chi connectivity index (χ1n) is 7.75. The predicted octanol–water partition coefficient (Wildman–Crippen LogP) is 4.15. The van der Waals surface area contributed by atoms with Gasteiger partial charge < -0.3 is 10.5 Å². The van der Waals surface area contributed by atoms with Gasteiger partial charge in [0.25, 0.3) is 0 Å². The molecule has 22 heavy (non-hydrogen) atoms. The lowest BCUT2D eigenvalue weighted by atomic mass is 9.92. The molecule has 0 aromatic heterocycles. The SMILES string of the molecule is CC(C)COc1ccc(CC(CN)c2ccc(F)cc2)cc1. The van der Waals surface area contributed by atoms with E-state index < -0.39 is 0 Å². The van der Waals surface area contributed by atoms with E-state index in [9.17, 15) is 4.39 Å². The van der Waals surface area contributed by atoms with Gasteiger partial charge in [0.2, 0.25) is 0 Å². The molecule has 2 N–H and O–H groups in total. The van der Waals surface area contributed by atoms with E-state index in [1.54, 1.807) is 0 Å². The van der Waals surface area contributed by atoms with Crippen molar-refractivity contribution in [1.29, 1.82) is 0 Å². The maximum absolute atomic E-state index is 13.0. The van der Waals surface area contributed by atoms with Crippen molar-refractivity contribution in [3.05, 3.63) is 65.5 Å². The van der Waals surface area contributed by atoms with Crippen LogP contribution in [0.3, 0.4) is 0 Å². The number of nitrogens with two attached hydrogens (primary N) is 1. The zero-order chi connectivity index (χ0) is 15.9. The average Bonchev–Trinajstić information content (AvgIpc) is 2.52. The van der Waals surface area contributed by atoms with Gasteiger partial charge in [0.05, 0.1) is 6.61 Å². The number of benzene rings is 2. The molecule has 0 fully saturated rings. The maximum Gasteiger partial charge on any atom is 0.123 e. The maximum atomic E-state index is 13.0. The second kappa shape index (κ2) is 7.95. The Morgan fingerprint density at radius 2 is 1.64 bits per heavy atom. The highest BCUT2D eigenvalue weighted by Gasteiger charge is 2.11. The van der Waals surface area contributed by atoms with E-state index in [0.717, 1.165) is 24.3 Å². The van der Waals surface area contributed by atoms with Crippen LogP contribution in [0, 0.1) is 11.7 Å². The summed E-state index contributed by atoms with van der Waals surface area (Å²) in [5.41, 5.74) is 8.16. The van der Waals surface area contributed by atoms with Crippen LogP contribution in [-0.4, -0.2) is 13.2 Å². The van der Waals surface area contributed by atoms with Gasteiger partial charge in [-0.05, 0) is 54.3 Å². The Labute approximate surface area is 132 Å². The Balaban J connectivity index is 2.00. The number of hydrogen-bond acceptors (Lipinski definition) is 2. The van der Waals surface area contributed by atoms with Crippen molar-refractivity contribution in [3.63, 3.8) is 0 Å². The number of ether oxygens (including phenoxy) is 1. The standard InChI is InChI=1S/C19H24FNO/c1-14(2)13-22-19-9-3-15(4-10-19)11-17(12-21)16-5-7-18(20)8-6-16/h3-10,14,17H,11-13,21H2,1-2H3. The molecule has 2 aromatic carbocycles. The van der Waals surface area contributed by atoms with Crippen molar-refractivity contribution in [1.82, 2.24) is 0 Å². The second-order valence-electron chi connectivity index (χ2n) is 6.04. The molecule has 0 spiro atoms. The van der Waals surface area contributed by atoms with E-state index in [1.807, 2.05) is 24.3 Å². The van der Waals surface area contributed by atoms with Crippen LogP contribution in [0.1, 0.15) is 30.9 Å². The topological polar surface area (TPSA) is 35.2 Å². The Hall–Kier alpha value is -1.87. The van der Waals surface area contributed by atoms with Crippen molar-refractivity contribution in [3.8, 4) is 5.75 Å². The number of halogens is 1. The third-order valence-electron chi connectivity index (χ3n) is 3.61. The summed E-state index contributed by atoms with van der Waals surface area (Å²) in [6.07, 6.45) is 0.840. The predicted molar refractivity (Wildman–Crippen MR) is 88.7 cm³/mol. The molecule has 0 aliphatic heterocycles. The number of hydrogen-bond donors (Lipinski definition) is 1. The third-order valence-corrected chi connectivity index (χ3v) is 3.61. The first kappa shape index (κ1) is 16.5. The van der Waals surface area contributed by atoms with E-state index in [4.69, 9.17) is 10.5 Å².